The van der Waals surface area contributed by atoms with E-state index in [0.717, 1.165) is 18.4 Å². The lowest BCUT2D eigenvalue weighted by molar-refractivity contribution is -0.384. The summed E-state index contributed by atoms with van der Waals surface area (Å²) in [6.07, 6.45) is 1.75. The molecule has 1 saturated heterocycles. The number of anilines is 1. The fourth-order valence-corrected chi connectivity index (χ4v) is 5.52. The van der Waals surface area contributed by atoms with Gasteiger partial charge < -0.3 is 0 Å². The highest BCUT2D eigenvalue weighted by Gasteiger charge is 2.64. The Balaban J connectivity index is 1.45. The van der Waals surface area contributed by atoms with Crippen molar-refractivity contribution in [2.24, 2.45) is 23.7 Å². The molecule has 0 N–H and O–H groups in total. The van der Waals surface area contributed by atoms with Crippen LogP contribution in [0.3, 0.4) is 0 Å². The molecule has 3 aliphatic rings. The van der Waals surface area contributed by atoms with Gasteiger partial charge in [-0.2, -0.15) is 0 Å². The molecule has 0 radical (unpaired) electrons. The lowest BCUT2D eigenvalue weighted by atomic mass is 9.73. The number of para-hydroxylation sites is 1. The summed E-state index contributed by atoms with van der Waals surface area (Å²) in [7, 11) is 0. The van der Waals surface area contributed by atoms with Crippen LogP contribution in [0.5, 0.6) is 0 Å². The van der Waals surface area contributed by atoms with Gasteiger partial charge >= 0.3 is 0 Å². The SMILES string of the molecule is O=C1[C@@H]2[C@H]3C[C@@H]([C@@H]2C(=O)N1c1ccccc1)[C@H](c1ccc([N+](=O)[O-])cc1)C3. The summed E-state index contributed by atoms with van der Waals surface area (Å²) < 4.78 is 0. The van der Waals surface area contributed by atoms with Gasteiger partial charge in [0.2, 0.25) is 11.8 Å². The first-order chi connectivity index (χ1) is 13.1. The van der Waals surface area contributed by atoms with Gasteiger partial charge in [0, 0.05) is 12.1 Å². The third-order valence-corrected chi connectivity index (χ3v) is 6.56. The smallest absolute Gasteiger partial charge is 0.269 e. The maximum Gasteiger partial charge on any atom is 0.269 e. The van der Waals surface area contributed by atoms with E-state index < -0.39 is 4.92 Å². The summed E-state index contributed by atoms with van der Waals surface area (Å²) in [4.78, 5) is 37.9. The van der Waals surface area contributed by atoms with Gasteiger partial charge in [0.15, 0.2) is 0 Å². The Bertz CT molecular complexity index is 940. The number of carbonyl (C=O) groups excluding carboxylic acids is 2. The molecule has 2 amide bonds. The maximum atomic E-state index is 13.1. The van der Waals surface area contributed by atoms with Crippen LogP contribution in [0.4, 0.5) is 11.4 Å². The molecular formula is C21H18N2O4. The van der Waals surface area contributed by atoms with Crippen molar-refractivity contribution in [2.75, 3.05) is 4.90 Å². The first kappa shape index (κ1) is 16.2. The van der Waals surface area contributed by atoms with Gasteiger partial charge in [0.25, 0.3) is 5.69 Å². The Morgan fingerprint density at radius 3 is 2.22 bits per heavy atom. The van der Waals surface area contributed by atoms with E-state index in [9.17, 15) is 19.7 Å². The molecule has 27 heavy (non-hydrogen) atoms. The predicted molar refractivity (Wildman–Crippen MR) is 98.0 cm³/mol. The molecule has 1 heterocycles. The largest absolute Gasteiger partial charge is 0.274 e. The summed E-state index contributed by atoms with van der Waals surface area (Å²) in [5, 5.41) is 10.9. The zero-order valence-electron chi connectivity index (χ0n) is 14.5. The number of nitro benzene ring substituents is 1. The summed E-state index contributed by atoms with van der Waals surface area (Å²) in [5.41, 5.74) is 1.75. The average Bonchev–Trinajstić information content (AvgIpc) is 3.34. The lowest BCUT2D eigenvalue weighted by Crippen LogP contribution is -2.32. The molecule has 0 aromatic heterocycles. The molecule has 2 bridgehead atoms. The molecule has 136 valence electrons. The third kappa shape index (κ3) is 2.25. The van der Waals surface area contributed by atoms with Crippen molar-refractivity contribution >= 4 is 23.2 Å². The van der Waals surface area contributed by atoms with Crippen LogP contribution in [0.25, 0.3) is 0 Å². The minimum atomic E-state index is -0.405. The second kappa shape index (κ2) is 5.74. The van der Waals surface area contributed by atoms with Crippen LogP contribution in [0.1, 0.15) is 24.3 Å². The average molecular weight is 362 g/mol. The van der Waals surface area contributed by atoms with E-state index in [2.05, 4.69) is 0 Å². The van der Waals surface area contributed by atoms with Gasteiger partial charge in [-0.25, -0.2) is 0 Å². The molecule has 2 aliphatic carbocycles. The molecule has 2 aromatic rings. The number of hydrogen-bond acceptors (Lipinski definition) is 4. The molecule has 6 nitrogen and oxygen atoms in total. The Labute approximate surface area is 155 Å². The van der Waals surface area contributed by atoms with Crippen molar-refractivity contribution in [3.63, 3.8) is 0 Å². The highest BCUT2D eigenvalue weighted by Crippen LogP contribution is 2.61. The summed E-state index contributed by atoms with van der Waals surface area (Å²) in [6.45, 7) is 0. The van der Waals surface area contributed by atoms with Gasteiger partial charge in [-0.15, -0.1) is 0 Å². The van der Waals surface area contributed by atoms with Crippen molar-refractivity contribution in [1.82, 2.24) is 0 Å². The first-order valence-electron chi connectivity index (χ1n) is 9.23. The quantitative estimate of drug-likeness (QED) is 0.475. The molecular weight excluding hydrogens is 344 g/mol. The first-order valence-corrected chi connectivity index (χ1v) is 9.23. The van der Waals surface area contributed by atoms with E-state index in [1.165, 1.54) is 17.0 Å². The van der Waals surface area contributed by atoms with Gasteiger partial charge in [-0.1, -0.05) is 30.3 Å². The Kier molecular flexibility index (Phi) is 3.44. The molecule has 0 unspecified atom stereocenters. The Morgan fingerprint density at radius 2 is 1.56 bits per heavy atom. The maximum absolute atomic E-state index is 13.1. The van der Waals surface area contributed by atoms with E-state index in [1.807, 2.05) is 18.2 Å². The standard InChI is InChI=1S/C21H18N2O4/c24-20-18-13-10-16(12-6-8-15(9-7-12)23(26)27)17(11-13)19(18)21(25)22(20)14-4-2-1-3-5-14/h1-9,13,16-19H,10-11H2/t13-,16+,17-,18-,19+/m1/s1. The van der Waals surface area contributed by atoms with Gasteiger partial charge in [0.05, 0.1) is 22.4 Å². The van der Waals surface area contributed by atoms with Crippen molar-refractivity contribution in [1.29, 1.82) is 0 Å². The van der Waals surface area contributed by atoms with Crippen molar-refractivity contribution < 1.29 is 14.5 Å². The summed E-state index contributed by atoms with van der Waals surface area (Å²) >= 11 is 0. The minimum Gasteiger partial charge on any atom is -0.274 e. The van der Waals surface area contributed by atoms with Crippen LogP contribution in [-0.2, 0) is 9.59 Å². The highest BCUT2D eigenvalue weighted by molar-refractivity contribution is 6.22. The number of nitrogens with zero attached hydrogens (tertiary/aromatic N) is 2. The van der Waals surface area contributed by atoms with Crippen LogP contribution in [0.15, 0.2) is 54.6 Å². The highest BCUT2D eigenvalue weighted by atomic mass is 16.6. The van der Waals surface area contributed by atoms with Crippen molar-refractivity contribution in [3.8, 4) is 0 Å². The second-order valence-electron chi connectivity index (χ2n) is 7.75. The molecule has 2 aromatic carbocycles. The van der Waals surface area contributed by atoms with Crippen LogP contribution >= 0.6 is 0 Å². The van der Waals surface area contributed by atoms with E-state index in [4.69, 9.17) is 0 Å². The Hall–Kier alpha value is -3.02. The number of rotatable bonds is 3. The number of nitro groups is 1. The number of hydrogen-bond donors (Lipinski definition) is 0. The molecule has 6 heteroatoms. The molecule has 5 atom stereocenters. The number of amides is 2. The molecule has 3 fully saturated rings. The number of non-ortho nitro benzene ring substituents is 1. The van der Waals surface area contributed by atoms with Gasteiger partial charge in [-0.3, -0.25) is 24.6 Å². The van der Waals surface area contributed by atoms with E-state index in [0.29, 0.717) is 5.69 Å². The third-order valence-electron chi connectivity index (χ3n) is 6.56. The minimum absolute atomic E-state index is 0.0640. The van der Waals surface area contributed by atoms with Crippen LogP contribution in [0.2, 0.25) is 0 Å². The number of benzene rings is 2. The van der Waals surface area contributed by atoms with Crippen LogP contribution in [-0.4, -0.2) is 16.7 Å². The van der Waals surface area contributed by atoms with E-state index >= 15 is 0 Å². The Morgan fingerprint density at radius 1 is 0.889 bits per heavy atom. The predicted octanol–water partition coefficient (Wildman–Crippen LogP) is 3.52. The zero-order valence-corrected chi connectivity index (χ0v) is 14.5. The molecule has 1 aliphatic heterocycles. The summed E-state index contributed by atoms with van der Waals surface area (Å²) in [5.74, 6) is -0.101. The fraction of sp³-hybridized carbons (Fsp3) is 0.333. The van der Waals surface area contributed by atoms with Gasteiger partial charge in [0.1, 0.15) is 0 Å². The lowest BCUT2D eigenvalue weighted by Gasteiger charge is -2.28. The normalized spacial score (nSPS) is 31.4. The number of carbonyl (C=O) groups is 2. The molecule has 2 saturated carbocycles. The zero-order chi connectivity index (χ0) is 18.7. The van der Waals surface area contributed by atoms with Gasteiger partial charge in [-0.05, 0) is 48.3 Å². The fourth-order valence-electron chi connectivity index (χ4n) is 5.52. The monoisotopic (exact) mass is 362 g/mol. The number of imide groups is 1. The van der Waals surface area contributed by atoms with E-state index in [1.54, 1.807) is 24.3 Å². The number of fused-ring (bicyclic) bond motifs is 5. The van der Waals surface area contributed by atoms with Crippen molar-refractivity contribution in [3.05, 3.63) is 70.3 Å². The molecule has 5 rings (SSSR count). The molecule has 0 spiro atoms. The second-order valence-corrected chi connectivity index (χ2v) is 7.75. The van der Waals surface area contributed by atoms with Crippen LogP contribution in [0, 0.1) is 33.8 Å². The van der Waals surface area contributed by atoms with Crippen molar-refractivity contribution in [2.45, 2.75) is 18.8 Å². The van der Waals surface area contributed by atoms with E-state index in [-0.39, 0.29) is 47.1 Å². The van der Waals surface area contributed by atoms with Crippen LogP contribution < -0.4 is 4.90 Å². The summed E-state index contributed by atoms with van der Waals surface area (Å²) in [6, 6.07) is 15.8. The topological polar surface area (TPSA) is 80.5 Å².